The van der Waals surface area contributed by atoms with Crippen LogP contribution in [0.1, 0.15) is 5.69 Å². The number of aromatic nitrogens is 2. The molecule has 5 nitrogen and oxygen atoms in total. The number of nitrogens with zero attached hydrogens (tertiary/aromatic N) is 2. The number of methoxy groups -OCH3 is 1. The van der Waals surface area contributed by atoms with Crippen molar-refractivity contribution in [3.05, 3.63) is 23.9 Å². The predicted molar refractivity (Wildman–Crippen MR) is 58.4 cm³/mol. The lowest BCUT2D eigenvalue weighted by Crippen LogP contribution is -2.05. The van der Waals surface area contributed by atoms with E-state index in [-0.39, 0.29) is 5.95 Å². The molecule has 2 rings (SSSR count). The van der Waals surface area contributed by atoms with Crippen LogP contribution in [-0.2, 0) is 6.54 Å². The van der Waals surface area contributed by atoms with Crippen LogP contribution < -0.4 is 16.2 Å². The molecule has 0 fully saturated rings. The summed E-state index contributed by atoms with van der Waals surface area (Å²) < 4.78 is 5.20. The number of hydrogen-bond acceptors (Lipinski definition) is 5. The van der Waals surface area contributed by atoms with E-state index in [1.165, 1.54) is 0 Å². The standard InChI is InChI=1S/C10H12N4O/c1-15-8-4-2-3-6-7(5-11)13-10(12)14-9(6)8/h2-4H,5,11H2,1H3,(H2,12,13,14). The van der Waals surface area contributed by atoms with Crippen LogP contribution in [0.25, 0.3) is 10.9 Å². The fourth-order valence-corrected chi connectivity index (χ4v) is 1.53. The van der Waals surface area contributed by atoms with Crippen LogP contribution in [0.15, 0.2) is 18.2 Å². The van der Waals surface area contributed by atoms with Crippen molar-refractivity contribution in [3.63, 3.8) is 0 Å². The summed E-state index contributed by atoms with van der Waals surface area (Å²) in [6.45, 7) is 0.330. The van der Waals surface area contributed by atoms with Crippen LogP contribution in [-0.4, -0.2) is 17.1 Å². The Balaban J connectivity index is 2.82. The summed E-state index contributed by atoms with van der Waals surface area (Å²) in [5, 5.41) is 0.881. The minimum absolute atomic E-state index is 0.215. The van der Waals surface area contributed by atoms with Crippen molar-refractivity contribution in [1.82, 2.24) is 9.97 Å². The van der Waals surface area contributed by atoms with Gasteiger partial charge in [0.25, 0.3) is 0 Å². The van der Waals surface area contributed by atoms with E-state index in [0.29, 0.717) is 17.8 Å². The van der Waals surface area contributed by atoms with E-state index in [1.807, 2.05) is 18.2 Å². The third kappa shape index (κ3) is 1.57. The van der Waals surface area contributed by atoms with E-state index in [2.05, 4.69) is 9.97 Å². The van der Waals surface area contributed by atoms with Gasteiger partial charge in [0.2, 0.25) is 5.95 Å². The molecule has 0 aliphatic carbocycles. The van der Waals surface area contributed by atoms with Crippen molar-refractivity contribution in [2.24, 2.45) is 5.73 Å². The third-order valence-corrected chi connectivity index (χ3v) is 2.20. The van der Waals surface area contributed by atoms with E-state index in [4.69, 9.17) is 16.2 Å². The van der Waals surface area contributed by atoms with Gasteiger partial charge in [0.1, 0.15) is 11.3 Å². The van der Waals surface area contributed by atoms with E-state index in [1.54, 1.807) is 7.11 Å². The van der Waals surface area contributed by atoms with Gasteiger partial charge in [0, 0.05) is 11.9 Å². The summed E-state index contributed by atoms with van der Waals surface area (Å²) in [5.74, 6) is 0.892. The number of ether oxygens (including phenoxy) is 1. The average Bonchev–Trinajstić information content (AvgIpc) is 2.27. The topological polar surface area (TPSA) is 87.0 Å². The largest absolute Gasteiger partial charge is 0.494 e. The molecule has 0 saturated heterocycles. The molecule has 78 valence electrons. The zero-order valence-corrected chi connectivity index (χ0v) is 8.40. The summed E-state index contributed by atoms with van der Waals surface area (Å²) in [6, 6.07) is 5.61. The van der Waals surface area contributed by atoms with E-state index in [9.17, 15) is 0 Å². The highest BCUT2D eigenvalue weighted by Gasteiger charge is 2.08. The lowest BCUT2D eigenvalue weighted by molar-refractivity contribution is 0.419. The SMILES string of the molecule is COc1cccc2c(CN)nc(N)nc12. The van der Waals surface area contributed by atoms with Crippen molar-refractivity contribution >= 4 is 16.9 Å². The molecule has 0 unspecified atom stereocenters. The van der Waals surface area contributed by atoms with Crippen molar-refractivity contribution in [2.75, 3.05) is 12.8 Å². The molecule has 0 radical (unpaired) electrons. The second kappa shape index (κ2) is 3.70. The van der Waals surface area contributed by atoms with Crippen LogP contribution in [0.4, 0.5) is 5.95 Å². The van der Waals surface area contributed by atoms with Gasteiger partial charge in [0.15, 0.2) is 0 Å². The summed E-state index contributed by atoms with van der Waals surface area (Å²) in [5.41, 5.74) is 12.6. The Morgan fingerprint density at radius 1 is 1.33 bits per heavy atom. The van der Waals surface area contributed by atoms with Gasteiger partial charge in [-0.2, -0.15) is 0 Å². The van der Waals surface area contributed by atoms with Gasteiger partial charge in [-0.15, -0.1) is 0 Å². The Hall–Kier alpha value is -1.88. The number of nitrogen functional groups attached to an aromatic ring is 1. The first kappa shape index (κ1) is 9.67. The number of nitrogens with two attached hydrogens (primary N) is 2. The Kier molecular flexibility index (Phi) is 2.39. The molecule has 0 amide bonds. The zero-order valence-electron chi connectivity index (χ0n) is 8.40. The van der Waals surface area contributed by atoms with E-state index in [0.717, 1.165) is 11.1 Å². The fraction of sp³-hybridized carbons (Fsp3) is 0.200. The summed E-state index contributed by atoms with van der Waals surface area (Å²) >= 11 is 0. The molecule has 0 atom stereocenters. The highest BCUT2D eigenvalue weighted by molar-refractivity contribution is 5.87. The highest BCUT2D eigenvalue weighted by atomic mass is 16.5. The molecule has 0 bridgehead atoms. The average molecular weight is 204 g/mol. The maximum Gasteiger partial charge on any atom is 0.220 e. The van der Waals surface area contributed by atoms with Gasteiger partial charge >= 0.3 is 0 Å². The van der Waals surface area contributed by atoms with Crippen molar-refractivity contribution in [1.29, 1.82) is 0 Å². The molecule has 0 spiro atoms. The molecule has 15 heavy (non-hydrogen) atoms. The lowest BCUT2D eigenvalue weighted by atomic mass is 10.1. The summed E-state index contributed by atoms with van der Waals surface area (Å²) in [4.78, 5) is 8.22. The second-order valence-corrected chi connectivity index (χ2v) is 3.09. The fourth-order valence-electron chi connectivity index (χ4n) is 1.53. The first-order valence-electron chi connectivity index (χ1n) is 4.55. The number of fused-ring (bicyclic) bond motifs is 1. The molecule has 2 aromatic rings. The molecule has 5 heteroatoms. The molecule has 0 saturated carbocycles. The normalized spacial score (nSPS) is 10.5. The smallest absolute Gasteiger partial charge is 0.220 e. The Morgan fingerprint density at radius 2 is 2.13 bits per heavy atom. The maximum atomic E-state index is 5.59. The van der Waals surface area contributed by atoms with Crippen LogP contribution in [0.5, 0.6) is 5.75 Å². The molecule has 1 heterocycles. The Bertz CT molecular complexity index is 498. The predicted octanol–water partition coefficient (Wildman–Crippen LogP) is 0.679. The Morgan fingerprint density at radius 3 is 2.80 bits per heavy atom. The monoisotopic (exact) mass is 204 g/mol. The van der Waals surface area contributed by atoms with E-state index < -0.39 is 0 Å². The van der Waals surface area contributed by atoms with Crippen molar-refractivity contribution < 1.29 is 4.74 Å². The molecule has 1 aromatic carbocycles. The number of anilines is 1. The van der Waals surface area contributed by atoms with Crippen LogP contribution in [0.2, 0.25) is 0 Å². The number of hydrogen-bond donors (Lipinski definition) is 2. The van der Waals surface area contributed by atoms with Crippen LogP contribution in [0, 0.1) is 0 Å². The molecule has 0 aliphatic rings. The highest BCUT2D eigenvalue weighted by Crippen LogP contribution is 2.25. The minimum Gasteiger partial charge on any atom is -0.494 e. The lowest BCUT2D eigenvalue weighted by Gasteiger charge is -2.07. The molecular formula is C10H12N4O. The summed E-state index contributed by atoms with van der Waals surface area (Å²) in [6.07, 6.45) is 0. The molecule has 0 aliphatic heterocycles. The first-order chi connectivity index (χ1) is 7.26. The first-order valence-corrected chi connectivity index (χ1v) is 4.55. The maximum absolute atomic E-state index is 5.59. The molecule has 1 aromatic heterocycles. The van der Waals surface area contributed by atoms with Gasteiger partial charge in [0.05, 0.1) is 12.8 Å². The number of rotatable bonds is 2. The van der Waals surface area contributed by atoms with Gasteiger partial charge < -0.3 is 16.2 Å². The Labute approximate surface area is 87.1 Å². The van der Waals surface area contributed by atoms with Gasteiger partial charge in [-0.25, -0.2) is 9.97 Å². The van der Waals surface area contributed by atoms with Gasteiger partial charge in [-0.1, -0.05) is 12.1 Å². The minimum atomic E-state index is 0.215. The quantitative estimate of drug-likeness (QED) is 0.751. The number of para-hydroxylation sites is 1. The second-order valence-electron chi connectivity index (χ2n) is 3.09. The van der Waals surface area contributed by atoms with E-state index >= 15 is 0 Å². The zero-order chi connectivity index (χ0) is 10.8. The third-order valence-electron chi connectivity index (χ3n) is 2.20. The number of benzene rings is 1. The molecule has 4 N–H and O–H groups in total. The van der Waals surface area contributed by atoms with Crippen LogP contribution in [0.3, 0.4) is 0 Å². The van der Waals surface area contributed by atoms with Gasteiger partial charge in [-0.05, 0) is 6.07 Å². The van der Waals surface area contributed by atoms with Gasteiger partial charge in [-0.3, -0.25) is 0 Å². The van der Waals surface area contributed by atoms with Crippen molar-refractivity contribution in [3.8, 4) is 5.75 Å². The summed E-state index contributed by atoms with van der Waals surface area (Å²) in [7, 11) is 1.59. The van der Waals surface area contributed by atoms with Crippen molar-refractivity contribution in [2.45, 2.75) is 6.54 Å². The van der Waals surface area contributed by atoms with Crippen LogP contribution >= 0.6 is 0 Å². The molecular weight excluding hydrogens is 192 g/mol.